The molecule has 0 atom stereocenters. The van der Waals surface area contributed by atoms with Gasteiger partial charge in [0.05, 0.1) is 30.0 Å². The highest BCUT2D eigenvalue weighted by atomic mass is 14.9. The zero-order chi connectivity index (χ0) is 9.26. The Morgan fingerprint density at radius 2 is 2.38 bits per heavy atom. The number of rotatable bonds is 1. The summed E-state index contributed by atoms with van der Waals surface area (Å²) >= 11 is 0. The number of aromatic amines is 1. The number of fused-ring (bicyclic) bond motifs is 1. The van der Waals surface area contributed by atoms with E-state index in [2.05, 4.69) is 16.0 Å². The molecule has 0 aliphatic heterocycles. The summed E-state index contributed by atoms with van der Waals surface area (Å²) in [6, 6.07) is 5.75. The highest BCUT2D eigenvalue weighted by Gasteiger charge is 2.02. The number of aromatic nitrogens is 2. The van der Waals surface area contributed by atoms with Gasteiger partial charge in [-0.1, -0.05) is 0 Å². The minimum absolute atomic E-state index is 0.374. The number of nitrogens with two attached hydrogens (primary N) is 1. The third-order valence-corrected chi connectivity index (χ3v) is 1.90. The number of anilines is 1. The van der Waals surface area contributed by atoms with E-state index in [-0.39, 0.29) is 0 Å². The first-order valence-corrected chi connectivity index (χ1v) is 3.89. The molecule has 2 aromatic rings. The lowest BCUT2D eigenvalue weighted by molar-refractivity contribution is 1.27. The van der Waals surface area contributed by atoms with Gasteiger partial charge in [-0.3, -0.25) is 0 Å². The van der Waals surface area contributed by atoms with Crippen LogP contribution in [0.4, 0.5) is 5.69 Å². The van der Waals surface area contributed by atoms with Crippen molar-refractivity contribution in [1.82, 2.24) is 9.97 Å². The molecule has 3 N–H and O–H groups in total. The third kappa shape index (κ3) is 1.20. The summed E-state index contributed by atoms with van der Waals surface area (Å²) < 4.78 is 0. The van der Waals surface area contributed by atoms with Crippen LogP contribution in [0.25, 0.3) is 11.0 Å². The molecule has 0 bridgehead atoms. The zero-order valence-corrected chi connectivity index (χ0v) is 6.91. The molecule has 2 rings (SSSR count). The lowest BCUT2D eigenvalue weighted by Crippen LogP contribution is -1.90. The molecule has 0 aliphatic rings. The Bertz CT molecular complexity index is 478. The average molecular weight is 172 g/mol. The van der Waals surface area contributed by atoms with E-state index in [1.807, 2.05) is 6.07 Å². The van der Waals surface area contributed by atoms with Crippen LogP contribution in [0.15, 0.2) is 18.5 Å². The maximum absolute atomic E-state index is 8.52. The van der Waals surface area contributed by atoms with E-state index in [9.17, 15) is 0 Å². The van der Waals surface area contributed by atoms with E-state index in [1.54, 1.807) is 12.4 Å². The van der Waals surface area contributed by atoms with Crippen molar-refractivity contribution in [2.24, 2.45) is 0 Å². The van der Waals surface area contributed by atoms with Crippen molar-refractivity contribution in [3.8, 4) is 6.07 Å². The molecule has 1 aromatic heterocycles. The van der Waals surface area contributed by atoms with Crippen molar-refractivity contribution in [3.05, 3.63) is 24.0 Å². The molecule has 64 valence electrons. The normalized spacial score (nSPS) is 10.1. The fourth-order valence-electron chi connectivity index (χ4n) is 1.33. The summed E-state index contributed by atoms with van der Waals surface area (Å²) in [6.07, 6.45) is 1.97. The van der Waals surface area contributed by atoms with Gasteiger partial charge in [0.25, 0.3) is 0 Å². The number of nitrogens with zero attached hydrogens (tertiary/aromatic N) is 2. The topological polar surface area (TPSA) is 78.5 Å². The number of nitrogens with one attached hydrogen (secondary N) is 1. The van der Waals surface area contributed by atoms with Gasteiger partial charge in [-0.2, -0.15) is 5.26 Å². The Hall–Kier alpha value is -2.02. The van der Waals surface area contributed by atoms with Crippen LogP contribution >= 0.6 is 0 Å². The molecule has 0 aliphatic carbocycles. The first kappa shape index (κ1) is 7.62. The number of hydrogen-bond acceptors (Lipinski definition) is 3. The predicted octanol–water partition coefficient (Wildman–Crippen LogP) is 1.21. The molecule has 0 unspecified atom stereocenters. The van der Waals surface area contributed by atoms with Gasteiger partial charge < -0.3 is 10.7 Å². The maximum atomic E-state index is 8.52. The number of H-pyrrole nitrogens is 1. The smallest absolute Gasteiger partial charge is 0.111 e. The van der Waals surface area contributed by atoms with Gasteiger partial charge in [0.15, 0.2) is 0 Å². The molecular formula is C9H8N4. The minimum atomic E-state index is 0.374. The first-order valence-electron chi connectivity index (χ1n) is 3.89. The molecular weight excluding hydrogens is 164 g/mol. The van der Waals surface area contributed by atoms with Crippen molar-refractivity contribution in [2.75, 3.05) is 5.73 Å². The molecule has 0 fully saturated rings. The summed E-state index contributed by atoms with van der Waals surface area (Å²) in [5, 5.41) is 8.52. The second-order valence-corrected chi connectivity index (χ2v) is 2.82. The van der Waals surface area contributed by atoms with Crippen LogP contribution in [0, 0.1) is 11.3 Å². The van der Waals surface area contributed by atoms with E-state index in [1.165, 1.54) is 0 Å². The Balaban J connectivity index is 2.64. The molecule has 0 amide bonds. The van der Waals surface area contributed by atoms with Crippen LogP contribution in [0.3, 0.4) is 0 Å². The quantitative estimate of drug-likeness (QED) is 0.634. The lowest BCUT2D eigenvalue weighted by atomic mass is 10.1. The summed E-state index contributed by atoms with van der Waals surface area (Å²) in [5.74, 6) is 0. The van der Waals surface area contributed by atoms with Gasteiger partial charge in [0.1, 0.15) is 5.52 Å². The Labute approximate surface area is 75.0 Å². The summed E-state index contributed by atoms with van der Waals surface area (Å²) in [4.78, 5) is 7.01. The van der Waals surface area contributed by atoms with Crippen molar-refractivity contribution in [2.45, 2.75) is 6.42 Å². The van der Waals surface area contributed by atoms with Gasteiger partial charge in [-0.15, -0.1) is 0 Å². The molecule has 13 heavy (non-hydrogen) atoms. The molecule has 4 heteroatoms. The number of hydrogen-bond donors (Lipinski definition) is 2. The Kier molecular flexibility index (Phi) is 1.64. The van der Waals surface area contributed by atoms with Crippen molar-refractivity contribution < 1.29 is 0 Å². The highest BCUT2D eigenvalue weighted by molar-refractivity contribution is 5.87. The van der Waals surface area contributed by atoms with E-state index in [0.717, 1.165) is 16.6 Å². The van der Waals surface area contributed by atoms with E-state index >= 15 is 0 Å². The van der Waals surface area contributed by atoms with E-state index in [4.69, 9.17) is 11.0 Å². The molecule has 0 spiro atoms. The average Bonchev–Trinajstić information content (AvgIpc) is 2.53. The summed E-state index contributed by atoms with van der Waals surface area (Å²) in [5.41, 5.74) is 8.91. The van der Waals surface area contributed by atoms with Crippen LogP contribution in [-0.4, -0.2) is 9.97 Å². The molecule has 4 nitrogen and oxygen atoms in total. The number of nitriles is 1. The maximum Gasteiger partial charge on any atom is 0.111 e. The van der Waals surface area contributed by atoms with Crippen LogP contribution in [0.1, 0.15) is 5.56 Å². The van der Waals surface area contributed by atoms with E-state index in [0.29, 0.717) is 12.1 Å². The monoisotopic (exact) mass is 172 g/mol. The zero-order valence-electron chi connectivity index (χ0n) is 6.91. The van der Waals surface area contributed by atoms with Crippen molar-refractivity contribution >= 4 is 16.7 Å². The second-order valence-electron chi connectivity index (χ2n) is 2.82. The largest absolute Gasteiger partial charge is 0.397 e. The van der Waals surface area contributed by atoms with Gasteiger partial charge >= 0.3 is 0 Å². The standard InChI is InChI=1S/C9H8N4/c10-2-1-6-3-7(11)9-8(4-6)12-5-13-9/h3-5H,1,11H2,(H,12,13). The number of imidazole rings is 1. The molecule has 0 saturated carbocycles. The minimum Gasteiger partial charge on any atom is -0.397 e. The highest BCUT2D eigenvalue weighted by Crippen LogP contribution is 2.19. The van der Waals surface area contributed by atoms with Crippen LogP contribution in [0.5, 0.6) is 0 Å². The van der Waals surface area contributed by atoms with Gasteiger partial charge in [0.2, 0.25) is 0 Å². The van der Waals surface area contributed by atoms with Gasteiger partial charge in [-0.05, 0) is 17.7 Å². The van der Waals surface area contributed by atoms with Crippen molar-refractivity contribution in [3.63, 3.8) is 0 Å². The first-order chi connectivity index (χ1) is 6.31. The van der Waals surface area contributed by atoms with Crippen LogP contribution in [0.2, 0.25) is 0 Å². The van der Waals surface area contributed by atoms with Gasteiger partial charge in [0, 0.05) is 0 Å². The summed E-state index contributed by atoms with van der Waals surface area (Å²) in [7, 11) is 0. The van der Waals surface area contributed by atoms with Gasteiger partial charge in [-0.25, -0.2) is 4.98 Å². The van der Waals surface area contributed by atoms with Crippen LogP contribution < -0.4 is 5.73 Å². The Morgan fingerprint density at radius 3 is 3.15 bits per heavy atom. The molecule has 1 heterocycles. The predicted molar refractivity (Wildman–Crippen MR) is 49.8 cm³/mol. The third-order valence-electron chi connectivity index (χ3n) is 1.90. The molecule has 1 aromatic carbocycles. The van der Waals surface area contributed by atoms with Crippen LogP contribution in [-0.2, 0) is 6.42 Å². The number of benzene rings is 1. The van der Waals surface area contributed by atoms with Crippen molar-refractivity contribution in [1.29, 1.82) is 5.26 Å². The second kappa shape index (κ2) is 2.79. The Morgan fingerprint density at radius 1 is 1.54 bits per heavy atom. The summed E-state index contributed by atoms with van der Waals surface area (Å²) in [6.45, 7) is 0. The number of nitrogen functional groups attached to an aromatic ring is 1. The fourth-order valence-corrected chi connectivity index (χ4v) is 1.33. The molecule has 0 saturated heterocycles. The SMILES string of the molecule is N#CCc1cc(N)c2nc[nH]c2c1. The van der Waals surface area contributed by atoms with E-state index < -0.39 is 0 Å². The lowest BCUT2D eigenvalue weighted by Gasteiger charge is -1.98. The molecule has 0 radical (unpaired) electrons. The fraction of sp³-hybridized carbons (Fsp3) is 0.111.